The van der Waals surface area contributed by atoms with Crippen LogP contribution in [0.3, 0.4) is 0 Å². The zero-order valence-electron chi connectivity index (χ0n) is 25.0. The summed E-state index contributed by atoms with van der Waals surface area (Å²) >= 11 is 1.39. The highest BCUT2D eigenvalue weighted by Crippen LogP contribution is 2.47. The summed E-state index contributed by atoms with van der Waals surface area (Å²) in [6.07, 6.45) is 5.36. The van der Waals surface area contributed by atoms with Crippen molar-refractivity contribution >= 4 is 40.8 Å². The number of benzene rings is 2. The first-order valence-electron chi connectivity index (χ1n) is 13.3. The number of aryl methyl sites for hydroxylation is 1. The van der Waals surface area contributed by atoms with Crippen LogP contribution >= 0.6 is 11.9 Å². The highest BCUT2D eigenvalue weighted by atomic mass is 32.2. The Balaban J connectivity index is 1.89. The van der Waals surface area contributed by atoms with Crippen LogP contribution in [0.2, 0.25) is 0 Å². The fraction of sp³-hybridized carbons (Fsp3) is 0.400. The highest BCUT2D eigenvalue weighted by Gasteiger charge is 2.44. The summed E-state index contributed by atoms with van der Waals surface area (Å²) in [5.74, 6) is 6.97. The fourth-order valence-electron chi connectivity index (χ4n) is 4.28. The van der Waals surface area contributed by atoms with Crippen molar-refractivity contribution < 1.29 is 14.6 Å². The van der Waals surface area contributed by atoms with E-state index in [0.717, 1.165) is 24.0 Å². The van der Waals surface area contributed by atoms with Gasteiger partial charge >= 0.3 is 0 Å². The fourth-order valence-corrected chi connectivity index (χ4v) is 4.66. The van der Waals surface area contributed by atoms with Gasteiger partial charge in [0, 0.05) is 35.9 Å². The minimum atomic E-state index is -0.545. The molecule has 41 heavy (non-hydrogen) atoms. The van der Waals surface area contributed by atoms with Gasteiger partial charge in [0.2, 0.25) is 0 Å². The second kappa shape index (κ2) is 12.5. The van der Waals surface area contributed by atoms with Crippen LogP contribution in [0, 0.1) is 17.7 Å². The molecule has 0 aliphatic heterocycles. The molecule has 0 bridgehead atoms. The first-order chi connectivity index (χ1) is 19.2. The van der Waals surface area contributed by atoms with Gasteiger partial charge in [0.05, 0.1) is 42.2 Å². The van der Waals surface area contributed by atoms with Crippen molar-refractivity contribution in [1.82, 2.24) is 4.90 Å². The molecule has 1 aliphatic carbocycles. The minimum Gasteiger partial charge on any atom is -0.492 e. The Bertz CT molecular complexity index is 1370. The summed E-state index contributed by atoms with van der Waals surface area (Å²) in [6.45, 7) is 11.8. The Morgan fingerprint density at radius 1 is 1.29 bits per heavy atom. The average molecular weight is 582 g/mol. The number of amides is 1. The predicted octanol–water partition coefficient (Wildman–Crippen LogP) is 4.92. The number of hydrogen-bond acceptors (Lipinski definition) is 9. The van der Waals surface area contributed by atoms with E-state index >= 15 is 0 Å². The van der Waals surface area contributed by atoms with Crippen molar-refractivity contribution in [3.8, 4) is 5.75 Å². The van der Waals surface area contributed by atoms with E-state index in [1.807, 2.05) is 52.1 Å². The van der Waals surface area contributed by atoms with Crippen LogP contribution in [-0.4, -0.2) is 48.8 Å². The van der Waals surface area contributed by atoms with Gasteiger partial charge in [0.15, 0.2) is 5.75 Å². The third kappa shape index (κ3) is 6.98. The molecule has 0 radical (unpaired) electrons. The van der Waals surface area contributed by atoms with E-state index in [9.17, 15) is 9.90 Å². The van der Waals surface area contributed by atoms with Crippen LogP contribution in [0.1, 0.15) is 55.1 Å². The lowest BCUT2D eigenvalue weighted by Crippen LogP contribution is -2.34. The maximum absolute atomic E-state index is 13.5. The molecule has 1 fully saturated rings. The van der Waals surface area contributed by atoms with Crippen LogP contribution in [-0.2, 0) is 5.41 Å². The number of ether oxygens (including phenoxy) is 1. The van der Waals surface area contributed by atoms with Crippen molar-refractivity contribution in [2.75, 3.05) is 42.1 Å². The molecule has 0 spiro atoms. The van der Waals surface area contributed by atoms with Gasteiger partial charge in [-0.15, -0.1) is 0 Å². The van der Waals surface area contributed by atoms with Gasteiger partial charge < -0.3 is 30.5 Å². The topological polar surface area (TPSA) is 153 Å². The van der Waals surface area contributed by atoms with E-state index in [-0.39, 0.29) is 17.9 Å². The second-order valence-electron chi connectivity index (χ2n) is 11.3. The van der Waals surface area contributed by atoms with Gasteiger partial charge in [-0.3, -0.25) is 15.2 Å². The molecule has 2 aromatic rings. The molecule has 0 atom stereocenters. The molecule has 1 aliphatic rings. The molecule has 0 saturated heterocycles. The first kappa shape index (κ1) is 31.9. The first-order valence-corrected chi connectivity index (χ1v) is 14.5. The van der Waals surface area contributed by atoms with Gasteiger partial charge in [-0.2, -0.15) is 0 Å². The molecule has 10 nitrogen and oxygen atoms in total. The lowest BCUT2D eigenvalue weighted by molar-refractivity contribution is 0.102. The molecular weight excluding hydrogens is 538 g/mol. The largest absolute Gasteiger partial charge is 0.492 e. The number of anilines is 3. The third-order valence-electron chi connectivity index (χ3n) is 7.60. The molecule has 1 amide bonds. The lowest BCUT2D eigenvalue weighted by Gasteiger charge is -2.27. The average Bonchev–Trinajstić information content (AvgIpc) is 3.70. The van der Waals surface area contributed by atoms with Gasteiger partial charge in [-0.05, 0) is 55.2 Å². The molecule has 3 rings (SSSR count). The SMILES string of the molecule is C=C(/C(N)=C/N(N)c1cc(C(=O)Nc2cc(C(C)(C)CO)cc(NSC)c2OC)ccc1C)N(C)C(=N)C1(C)CC1. The van der Waals surface area contributed by atoms with Crippen molar-refractivity contribution in [2.24, 2.45) is 17.0 Å². The maximum Gasteiger partial charge on any atom is 0.255 e. The van der Waals surface area contributed by atoms with Crippen molar-refractivity contribution in [3.63, 3.8) is 0 Å². The number of methoxy groups -OCH3 is 1. The Hall–Kier alpha value is -3.67. The molecule has 2 aromatic carbocycles. The quantitative estimate of drug-likeness (QED) is 0.0512. The van der Waals surface area contributed by atoms with Crippen LogP contribution in [0.4, 0.5) is 17.1 Å². The number of nitrogens with zero attached hydrogens (tertiary/aromatic N) is 2. The summed E-state index contributed by atoms with van der Waals surface area (Å²) in [6, 6.07) is 8.93. The van der Waals surface area contributed by atoms with E-state index in [1.54, 1.807) is 24.1 Å². The Morgan fingerprint density at radius 3 is 2.49 bits per heavy atom. The zero-order valence-corrected chi connectivity index (χ0v) is 25.8. The molecule has 11 heteroatoms. The molecule has 0 aromatic heterocycles. The Morgan fingerprint density at radius 2 is 1.93 bits per heavy atom. The number of carbonyl (C=O) groups excluding carboxylic acids is 1. The number of nitrogens with two attached hydrogens (primary N) is 2. The van der Waals surface area contributed by atoms with E-state index in [1.165, 1.54) is 30.3 Å². The highest BCUT2D eigenvalue weighted by molar-refractivity contribution is 7.99. The van der Waals surface area contributed by atoms with Gasteiger partial charge in [-0.25, -0.2) is 5.84 Å². The van der Waals surface area contributed by atoms with Gasteiger partial charge in [-0.1, -0.05) is 45.4 Å². The molecule has 1 saturated carbocycles. The summed E-state index contributed by atoms with van der Waals surface area (Å²) in [7, 11) is 3.31. The van der Waals surface area contributed by atoms with Gasteiger partial charge in [0.25, 0.3) is 5.91 Å². The number of likely N-dealkylation sites (N-methyl/N-ethyl adjacent to an activating group) is 1. The van der Waals surface area contributed by atoms with Crippen LogP contribution in [0.15, 0.2) is 54.5 Å². The second-order valence-corrected chi connectivity index (χ2v) is 11.9. The summed E-state index contributed by atoms with van der Waals surface area (Å²) in [4.78, 5) is 15.2. The number of aliphatic hydroxyl groups is 1. The number of aliphatic hydroxyl groups excluding tert-OH is 1. The number of hydrazine groups is 1. The molecule has 0 heterocycles. The monoisotopic (exact) mass is 581 g/mol. The molecular formula is C30H43N7O3S. The van der Waals surface area contributed by atoms with Crippen molar-refractivity contribution in [2.45, 2.75) is 46.0 Å². The summed E-state index contributed by atoms with van der Waals surface area (Å²) in [5.41, 5.74) is 10.2. The number of carbonyl (C=O) groups is 1. The van der Waals surface area contributed by atoms with Crippen LogP contribution in [0.25, 0.3) is 0 Å². The van der Waals surface area contributed by atoms with E-state index in [4.69, 9.17) is 21.7 Å². The van der Waals surface area contributed by atoms with E-state index in [2.05, 4.69) is 16.6 Å². The van der Waals surface area contributed by atoms with Crippen LogP contribution < -0.4 is 31.4 Å². The number of rotatable bonds is 12. The zero-order chi connectivity index (χ0) is 30.7. The van der Waals surface area contributed by atoms with E-state index in [0.29, 0.717) is 45.6 Å². The van der Waals surface area contributed by atoms with Gasteiger partial charge in [0.1, 0.15) is 5.84 Å². The van der Waals surface area contributed by atoms with Crippen molar-refractivity contribution in [3.05, 3.63) is 71.2 Å². The smallest absolute Gasteiger partial charge is 0.255 e. The molecule has 222 valence electrons. The number of nitrogens with one attached hydrogen (secondary N) is 3. The molecule has 8 N–H and O–H groups in total. The lowest BCUT2D eigenvalue weighted by atomic mass is 9.85. The Kier molecular flexibility index (Phi) is 9.68. The van der Waals surface area contributed by atoms with Crippen LogP contribution in [0.5, 0.6) is 5.75 Å². The number of amidine groups is 1. The Labute approximate surface area is 247 Å². The third-order valence-corrected chi connectivity index (χ3v) is 8.03. The normalized spacial score (nSPS) is 14.2. The summed E-state index contributed by atoms with van der Waals surface area (Å²) < 4.78 is 8.84. The standard InChI is InChI=1S/C30H43N7O3S/c1-18-9-10-20(13-25(18)37(33)16-22(31)19(2)36(6)28(32)30(5)11-12-30)27(39)34-23-14-21(29(3,4)17-38)15-24(35-41-8)26(23)40-7/h9-10,13-16,32,35,38H,2,11-12,17,31,33H2,1,3-8H3,(H,34,39)/b22-16-,32-28?. The predicted molar refractivity (Wildman–Crippen MR) is 170 cm³/mol. The van der Waals surface area contributed by atoms with Crippen molar-refractivity contribution in [1.29, 1.82) is 5.41 Å². The number of hydrogen-bond donors (Lipinski definition) is 6. The maximum atomic E-state index is 13.5. The minimum absolute atomic E-state index is 0.0710. The summed E-state index contributed by atoms with van der Waals surface area (Å²) in [5, 5.41) is 22.7. The molecule has 0 unspecified atom stereocenters. The van der Waals surface area contributed by atoms with E-state index < -0.39 is 5.41 Å².